The maximum absolute atomic E-state index is 12.2. The molecule has 0 saturated carbocycles. The van der Waals surface area contributed by atoms with Gasteiger partial charge in [0, 0.05) is 12.2 Å². The molecule has 2 aliphatic rings. The highest BCUT2D eigenvalue weighted by Crippen LogP contribution is 2.55. The van der Waals surface area contributed by atoms with Gasteiger partial charge in [-0.25, -0.2) is 4.79 Å². The Balaban J connectivity index is 2.11. The molecular weight excluding hydrogens is 274 g/mol. The summed E-state index contributed by atoms with van der Waals surface area (Å²) in [6, 6.07) is 5.48. The number of nitrogens with zero attached hydrogens (tertiary/aromatic N) is 1. The molecule has 1 aromatic carbocycles. The molecule has 20 heavy (non-hydrogen) atoms. The van der Waals surface area contributed by atoms with Crippen molar-refractivity contribution < 1.29 is 14.7 Å². The van der Waals surface area contributed by atoms with Gasteiger partial charge < -0.3 is 10.0 Å². The van der Waals surface area contributed by atoms with E-state index >= 15 is 0 Å². The molecule has 2 saturated heterocycles. The van der Waals surface area contributed by atoms with Crippen LogP contribution in [0, 0.1) is 13.8 Å². The van der Waals surface area contributed by atoms with E-state index in [-0.39, 0.29) is 5.91 Å². The normalized spacial score (nSPS) is 28.8. The van der Waals surface area contributed by atoms with Gasteiger partial charge in [0.05, 0.1) is 0 Å². The van der Waals surface area contributed by atoms with E-state index < -0.39 is 16.9 Å². The molecule has 2 heterocycles. The quantitative estimate of drug-likeness (QED) is 0.908. The number of amides is 1. The number of carbonyl (C=O) groups is 2. The van der Waals surface area contributed by atoms with Crippen molar-refractivity contribution in [1.29, 1.82) is 0 Å². The number of fused-ring (bicyclic) bond motifs is 1. The van der Waals surface area contributed by atoms with Crippen LogP contribution in [0.1, 0.15) is 29.5 Å². The lowest BCUT2D eigenvalue weighted by molar-refractivity contribution is -0.148. The van der Waals surface area contributed by atoms with Crippen molar-refractivity contribution in [1.82, 2.24) is 4.90 Å². The van der Waals surface area contributed by atoms with Crippen molar-refractivity contribution in [2.45, 2.75) is 37.6 Å². The number of carboxylic acid groups (broad SMARTS) is 1. The summed E-state index contributed by atoms with van der Waals surface area (Å²) in [6.07, 6.45) is 1.13. The maximum atomic E-state index is 12.2. The number of thioether (sulfide) groups is 1. The summed E-state index contributed by atoms with van der Waals surface area (Å²) in [7, 11) is 0. The molecule has 2 atom stereocenters. The molecule has 0 aromatic heterocycles. The molecule has 3 rings (SSSR count). The minimum atomic E-state index is -0.903. The van der Waals surface area contributed by atoms with Crippen LogP contribution < -0.4 is 0 Å². The van der Waals surface area contributed by atoms with Gasteiger partial charge in [0.1, 0.15) is 10.9 Å². The lowest BCUT2D eigenvalue weighted by atomic mass is 9.96. The highest BCUT2D eigenvalue weighted by molar-refractivity contribution is 8.00. The number of carboxylic acids is 1. The van der Waals surface area contributed by atoms with Crippen molar-refractivity contribution in [2.24, 2.45) is 0 Å². The second kappa shape index (κ2) is 4.52. The minimum absolute atomic E-state index is 0.0395. The van der Waals surface area contributed by atoms with Gasteiger partial charge >= 0.3 is 5.97 Å². The Morgan fingerprint density at radius 2 is 2.20 bits per heavy atom. The standard InChI is InChI=1S/C15H17NO3S/c1-9-3-4-11(10(2)7-9)15-6-5-13(17)16(15)12(8-20-15)14(18)19/h3-4,7,12H,5-6,8H2,1-2H3,(H,18,19)/t12-,15-/m1/s1. The summed E-state index contributed by atoms with van der Waals surface area (Å²) in [5.74, 6) is -0.476. The van der Waals surface area contributed by atoms with Crippen molar-refractivity contribution in [2.75, 3.05) is 5.75 Å². The van der Waals surface area contributed by atoms with E-state index in [9.17, 15) is 14.7 Å². The largest absolute Gasteiger partial charge is 0.480 e. The first-order valence-corrected chi connectivity index (χ1v) is 7.71. The first kappa shape index (κ1) is 13.5. The molecule has 5 heteroatoms. The van der Waals surface area contributed by atoms with Crippen LogP contribution in [0.15, 0.2) is 18.2 Å². The number of hydrogen-bond donors (Lipinski definition) is 1. The molecule has 1 N–H and O–H groups in total. The lowest BCUT2D eigenvalue weighted by Crippen LogP contribution is -2.46. The van der Waals surface area contributed by atoms with Crippen LogP contribution in [-0.4, -0.2) is 33.7 Å². The second-order valence-electron chi connectivity index (χ2n) is 5.53. The van der Waals surface area contributed by atoms with Crippen molar-refractivity contribution >= 4 is 23.6 Å². The molecular formula is C15H17NO3S. The Morgan fingerprint density at radius 3 is 2.85 bits per heavy atom. The van der Waals surface area contributed by atoms with E-state index in [2.05, 4.69) is 6.07 Å². The third-order valence-corrected chi connectivity index (χ3v) is 5.80. The SMILES string of the molecule is Cc1ccc([C@]23CCC(=O)N2[C@@H](C(=O)O)CS3)c(C)c1. The molecule has 0 unspecified atom stereocenters. The Morgan fingerprint density at radius 1 is 1.45 bits per heavy atom. The predicted molar refractivity (Wildman–Crippen MR) is 77.6 cm³/mol. The Kier molecular flexibility index (Phi) is 3.05. The summed E-state index contributed by atoms with van der Waals surface area (Å²) in [6.45, 7) is 4.07. The lowest BCUT2D eigenvalue weighted by Gasteiger charge is -2.34. The molecule has 1 amide bonds. The molecule has 2 aliphatic heterocycles. The number of rotatable bonds is 2. The average Bonchev–Trinajstić information content (AvgIpc) is 2.89. The Hall–Kier alpha value is -1.49. The van der Waals surface area contributed by atoms with Crippen LogP contribution in [0.25, 0.3) is 0 Å². The summed E-state index contributed by atoms with van der Waals surface area (Å²) in [5.41, 5.74) is 3.39. The van der Waals surface area contributed by atoms with E-state index in [1.807, 2.05) is 26.0 Å². The zero-order valence-electron chi connectivity index (χ0n) is 11.5. The Bertz CT molecular complexity index is 601. The van der Waals surface area contributed by atoms with Gasteiger partial charge in [-0.15, -0.1) is 11.8 Å². The molecule has 0 radical (unpaired) electrons. The van der Waals surface area contributed by atoms with Gasteiger partial charge in [-0.2, -0.15) is 0 Å². The number of benzene rings is 1. The molecule has 2 fully saturated rings. The third-order valence-electron chi connectivity index (χ3n) is 4.22. The van der Waals surface area contributed by atoms with Gasteiger partial charge in [0.15, 0.2) is 0 Å². The molecule has 106 valence electrons. The fraction of sp³-hybridized carbons (Fsp3) is 0.467. The van der Waals surface area contributed by atoms with Crippen LogP contribution in [0.2, 0.25) is 0 Å². The summed E-state index contributed by atoms with van der Waals surface area (Å²) >= 11 is 1.60. The van der Waals surface area contributed by atoms with Crippen molar-refractivity contribution in [3.05, 3.63) is 34.9 Å². The fourth-order valence-corrected chi connectivity index (χ4v) is 5.08. The van der Waals surface area contributed by atoms with Crippen molar-refractivity contribution in [3.8, 4) is 0 Å². The molecule has 0 bridgehead atoms. The van der Waals surface area contributed by atoms with E-state index in [4.69, 9.17) is 0 Å². The maximum Gasteiger partial charge on any atom is 0.327 e. The van der Waals surface area contributed by atoms with E-state index in [0.29, 0.717) is 18.6 Å². The number of aliphatic carboxylic acids is 1. The van der Waals surface area contributed by atoms with Gasteiger partial charge in [-0.3, -0.25) is 4.79 Å². The number of carbonyl (C=O) groups excluding carboxylic acids is 1. The van der Waals surface area contributed by atoms with Crippen molar-refractivity contribution in [3.63, 3.8) is 0 Å². The fourth-order valence-electron chi connectivity index (χ4n) is 3.35. The molecule has 4 nitrogen and oxygen atoms in total. The topological polar surface area (TPSA) is 57.6 Å². The molecule has 0 spiro atoms. The van der Waals surface area contributed by atoms with Gasteiger partial charge in [0.2, 0.25) is 5.91 Å². The van der Waals surface area contributed by atoms with Gasteiger partial charge in [-0.05, 0) is 31.4 Å². The van der Waals surface area contributed by atoms with Crippen LogP contribution in [0.3, 0.4) is 0 Å². The molecule has 1 aromatic rings. The monoisotopic (exact) mass is 291 g/mol. The third kappa shape index (κ3) is 1.76. The highest BCUT2D eigenvalue weighted by Gasteiger charge is 2.57. The van der Waals surface area contributed by atoms with E-state index in [0.717, 1.165) is 11.1 Å². The van der Waals surface area contributed by atoms with Gasteiger partial charge in [-0.1, -0.05) is 23.8 Å². The zero-order valence-corrected chi connectivity index (χ0v) is 12.4. The minimum Gasteiger partial charge on any atom is -0.480 e. The second-order valence-corrected chi connectivity index (χ2v) is 6.83. The number of hydrogen-bond acceptors (Lipinski definition) is 3. The van der Waals surface area contributed by atoms with Crippen LogP contribution in [0.4, 0.5) is 0 Å². The van der Waals surface area contributed by atoms with Gasteiger partial charge in [0.25, 0.3) is 0 Å². The van der Waals surface area contributed by atoms with Crippen LogP contribution in [-0.2, 0) is 14.5 Å². The summed E-state index contributed by atoms with van der Waals surface area (Å²) in [4.78, 5) is 24.7. The summed E-state index contributed by atoms with van der Waals surface area (Å²) in [5, 5.41) is 9.35. The molecule has 0 aliphatic carbocycles. The zero-order chi connectivity index (χ0) is 14.5. The first-order chi connectivity index (χ1) is 9.45. The summed E-state index contributed by atoms with van der Waals surface area (Å²) < 4.78 is 0. The Labute approximate surface area is 122 Å². The van der Waals surface area contributed by atoms with Crippen LogP contribution in [0.5, 0.6) is 0 Å². The van der Waals surface area contributed by atoms with E-state index in [1.54, 1.807) is 16.7 Å². The van der Waals surface area contributed by atoms with E-state index in [1.165, 1.54) is 5.56 Å². The first-order valence-electron chi connectivity index (χ1n) is 6.72. The smallest absolute Gasteiger partial charge is 0.327 e. The number of aryl methyl sites for hydroxylation is 2. The predicted octanol–water partition coefficient (Wildman–Crippen LogP) is 2.28. The average molecular weight is 291 g/mol. The highest BCUT2D eigenvalue weighted by atomic mass is 32.2. The van der Waals surface area contributed by atoms with Crippen LogP contribution >= 0.6 is 11.8 Å².